The van der Waals surface area contributed by atoms with Crippen molar-refractivity contribution in [1.29, 1.82) is 0 Å². The van der Waals surface area contributed by atoms with E-state index >= 15 is 0 Å². The van der Waals surface area contributed by atoms with Gasteiger partial charge >= 0.3 is 6.18 Å². The number of aryl methyl sites for hydroxylation is 3. The minimum atomic E-state index is -4.42. The lowest BCUT2D eigenvalue weighted by Gasteiger charge is -2.06. The molecule has 0 aliphatic rings. The number of halogens is 3. The van der Waals surface area contributed by atoms with Gasteiger partial charge in [-0.2, -0.15) is 13.2 Å². The Bertz CT molecular complexity index is 969. The number of imidazole rings is 1. The van der Waals surface area contributed by atoms with Crippen LogP contribution in [-0.4, -0.2) is 20.6 Å². The molecule has 3 rings (SSSR count). The summed E-state index contributed by atoms with van der Waals surface area (Å²) in [6.07, 6.45) is -3.66. The predicted octanol–water partition coefficient (Wildman–Crippen LogP) is 3.45. The van der Waals surface area contributed by atoms with Crippen LogP contribution in [0.2, 0.25) is 0 Å². The topological polar surface area (TPSA) is 73.0 Å². The van der Waals surface area contributed by atoms with Crippen LogP contribution in [0.4, 0.5) is 13.2 Å². The van der Waals surface area contributed by atoms with Crippen molar-refractivity contribution in [3.05, 3.63) is 46.6 Å². The van der Waals surface area contributed by atoms with Crippen molar-refractivity contribution in [3.63, 3.8) is 0 Å². The van der Waals surface area contributed by atoms with E-state index in [2.05, 4.69) is 15.5 Å². The fraction of sp³-hybridized carbons (Fsp3) is 0.389. The van der Waals surface area contributed by atoms with Crippen molar-refractivity contribution in [2.75, 3.05) is 0 Å². The molecule has 0 saturated carbocycles. The second-order valence-corrected chi connectivity index (χ2v) is 6.37. The molecular weight excluding hydrogens is 361 g/mol. The lowest BCUT2D eigenvalue weighted by atomic mass is 10.1. The third-order valence-electron chi connectivity index (χ3n) is 4.53. The number of nitrogens with zero attached hydrogens (tertiary/aromatic N) is 3. The van der Waals surface area contributed by atoms with Gasteiger partial charge in [-0.15, -0.1) is 0 Å². The molecule has 0 bridgehead atoms. The zero-order chi connectivity index (χ0) is 19.8. The molecule has 144 valence electrons. The molecule has 0 spiro atoms. The maximum Gasteiger partial charge on any atom is 0.416 e. The Morgan fingerprint density at radius 2 is 2.04 bits per heavy atom. The molecule has 1 amide bonds. The van der Waals surface area contributed by atoms with Crippen molar-refractivity contribution < 1.29 is 22.5 Å². The van der Waals surface area contributed by atoms with Crippen molar-refractivity contribution in [1.82, 2.24) is 20.0 Å². The first kappa shape index (κ1) is 18.9. The summed E-state index contributed by atoms with van der Waals surface area (Å²) in [5.74, 6) is 0.990. The van der Waals surface area contributed by atoms with Gasteiger partial charge in [-0.1, -0.05) is 5.16 Å². The summed E-state index contributed by atoms with van der Waals surface area (Å²) in [5.41, 5.74) is 1.74. The first-order chi connectivity index (χ1) is 12.7. The normalized spacial score (nSPS) is 11.9. The number of hydrogen-bond donors (Lipinski definition) is 1. The summed E-state index contributed by atoms with van der Waals surface area (Å²) in [6.45, 7) is 3.74. The largest absolute Gasteiger partial charge is 0.416 e. The first-order valence-corrected chi connectivity index (χ1v) is 8.38. The maximum atomic E-state index is 12.8. The monoisotopic (exact) mass is 380 g/mol. The number of rotatable bonds is 5. The molecule has 0 saturated heterocycles. The van der Waals surface area contributed by atoms with E-state index in [9.17, 15) is 18.0 Å². The van der Waals surface area contributed by atoms with Gasteiger partial charge < -0.3 is 14.4 Å². The number of benzene rings is 1. The van der Waals surface area contributed by atoms with E-state index in [-0.39, 0.29) is 24.4 Å². The summed E-state index contributed by atoms with van der Waals surface area (Å²) < 4.78 is 45.2. The Kier molecular flexibility index (Phi) is 4.95. The third-order valence-corrected chi connectivity index (χ3v) is 4.53. The van der Waals surface area contributed by atoms with E-state index < -0.39 is 11.7 Å². The minimum absolute atomic E-state index is 0.132. The fourth-order valence-electron chi connectivity index (χ4n) is 2.95. The molecule has 0 aliphatic carbocycles. The van der Waals surface area contributed by atoms with E-state index in [1.807, 2.05) is 6.92 Å². The van der Waals surface area contributed by atoms with Gasteiger partial charge in [0.1, 0.15) is 11.6 Å². The molecule has 0 radical (unpaired) electrons. The van der Waals surface area contributed by atoms with Gasteiger partial charge in [0.05, 0.1) is 28.8 Å². The Hall–Kier alpha value is -2.84. The molecule has 0 atom stereocenters. The molecule has 3 aromatic rings. The predicted molar refractivity (Wildman–Crippen MR) is 91.9 cm³/mol. The molecule has 6 nitrogen and oxygen atoms in total. The molecule has 1 aromatic carbocycles. The summed E-state index contributed by atoms with van der Waals surface area (Å²) >= 11 is 0. The summed E-state index contributed by atoms with van der Waals surface area (Å²) in [6, 6.07) is 3.42. The Labute approximate surface area is 153 Å². The smallest absolute Gasteiger partial charge is 0.361 e. The van der Waals surface area contributed by atoms with Gasteiger partial charge in [0.2, 0.25) is 5.91 Å². The SMILES string of the molecule is Cc1noc(C)c1CCC(=O)NCc1nc2cc(C(F)(F)F)ccc2n1C. The summed E-state index contributed by atoms with van der Waals surface area (Å²) in [4.78, 5) is 16.3. The lowest BCUT2D eigenvalue weighted by Crippen LogP contribution is -2.24. The summed E-state index contributed by atoms with van der Waals surface area (Å²) in [7, 11) is 1.70. The number of carbonyl (C=O) groups excluding carboxylic acids is 1. The van der Waals surface area contributed by atoms with Gasteiger partial charge in [-0.3, -0.25) is 4.79 Å². The number of amides is 1. The number of aromatic nitrogens is 3. The minimum Gasteiger partial charge on any atom is -0.361 e. The van der Waals surface area contributed by atoms with E-state index in [0.717, 1.165) is 23.4 Å². The number of carbonyl (C=O) groups is 1. The summed E-state index contributed by atoms with van der Waals surface area (Å²) in [5, 5.41) is 6.60. The fourth-order valence-corrected chi connectivity index (χ4v) is 2.95. The van der Waals surface area contributed by atoms with E-state index in [1.165, 1.54) is 6.07 Å². The Morgan fingerprint density at radius 1 is 1.30 bits per heavy atom. The second-order valence-electron chi connectivity index (χ2n) is 6.37. The lowest BCUT2D eigenvalue weighted by molar-refractivity contribution is -0.137. The zero-order valence-corrected chi connectivity index (χ0v) is 15.1. The van der Waals surface area contributed by atoms with Crippen LogP contribution >= 0.6 is 0 Å². The highest BCUT2D eigenvalue weighted by Crippen LogP contribution is 2.31. The van der Waals surface area contributed by atoms with Crippen LogP contribution in [0, 0.1) is 13.8 Å². The highest BCUT2D eigenvalue weighted by atomic mass is 19.4. The van der Waals surface area contributed by atoms with E-state index in [1.54, 1.807) is 18.5 Å². The van der Waals surface area contributed by atoms with Crippen molar-refractivity contribution in [3.8, 4) is 0 Å². The molecule has 0 aliphatic heterocycles. The van der Waals surface area contributed by atoms with Gasteiger partial charge in [0.25, 0.3) is 0 Å². The van der Waals surface area contributed by atoms with Crippen LogP contribution in [0.1, 0.15) is 34.8 Å². The highest BCUT2D eigenvalue weighted by Gasteiger charge is 2.31. The molecule has 1 N–H and O–H groups in total. The van der Waals surface area contributed by atoms with E-state index in [0.29, 0.717) is 23.5 Å². The number of alkyl halides is 3. The quantitative estimate of drug-likeness (QED) is 0.736. The molecule has 2 heterocycles. The molecule has 2 aromatic heterocycles. The molecule has 0 fully saturated rings. The average molecular weight is 380 g/mol. The Balaban J connectivity index is 1.66. The van der Waals surface area contributed by atoms with Gasteiger partial charge in [-0.05, 0) is 38.5 Å². The standard InChI is InChI=1S/C18H19F3N4O2/c1-10-13(11(2)27-24-10)5-7-17(26)22-9-16-23-14-8-12(18(19,20)21)4-6-15(14)25(16)3/h4,6,8H,5,7,9H2,1-3H3,(H,22,26). The van der Waals surface area contributed by atoms with Crippen LogP contribution in [-0.2, 0) is 31.0 Å². The van der Waals surface area contributed by atoms with Gasteiger partial charge in [0.15, 0.2) is 0 Å². The maximum absolute atomic E-state index is 12.8. The Morgan fingerprint density at radius 3 is 2.67 bits per heavy atom. The van der Waals surface area contributed by atoms with Crippen LogP contribution in [0.25, 0.3) is 11.0 Å². The number of nitrogens with one attached hydrogen (secondary N) is 1. The second kappa shape index (κ2) is 7.05. The van der Waals surface area contributed by atoms with Crippen molar-refractivity contribution in [2.24, 2.45) is 7.05 Å². The number of fused-ring (bicyclic) bond motifs is 1. The molecule has 9 heteroatoms. The van der Waals surface area contributed by atoms with Crippen LogP contribution in [0.5, 0.6) is 0 Å². The van der Waals surface area contributed by atoms with Crippen molar-refractivity contribution in [2.45, 2.75) is 39.4 Å². The van der Waals surface area contributed by atoms with E-state index in [4.69, 9.17) is 4.52 Å². The molecule has 27 heavy (non-hydrogen) atoms. The average Bonchev–Trinajstić information content (AvgIpc) is 3.09. The van der Waals surface area contributed by atoms with Gasteiger partial charge in [-0.25, -0.2) is 4.98 Å². The highest BCUT2D eigenvalue weighted by molar-refractivity contribution is 5.78. The zero-order valence-electron chi connectivity index (χ0n) is 15.1. The van der Waals surface area contributed by atoms with Crippen LogP contribution in [0.3, 0.4) is 0 Å². The van der Waals surface area contributed by atoms with Gasteiger partial charge in [0, 0.05) is 19.0 Å². The molecule has 0 unspecified atom stereocenters. The van der Waals surface area contributed by atoms with Crippen LogP contribution in [0.15, 0.2) is 22.7 Å². The number of hydrogen-bond acceptors (Lipinski definition) is 4. The third kappa shape index (κ3) is 3.96. The first-order valence-electron chi connectivity index (χ1n) is 8.38. The molecular formula is C18H19F3N4O2. The van der Waals surface area contributed by atoms with Crippen molar-refractivity contribution >= 4 is 16.9 Å². The van der Waals surface area contributed by atoms with Crippen LogP contribution < -0.4 is 5.32 Å².